The molecule has 0 unspecified atom stereocenters. The smallest absolute Gasteiger partial charge is 0.258 e. The van der Waals surface area contributed by atoms with E-state index in [1.807, 2.05) is 24.3 Å². The van der Waals surface area contributed by atoms with E-state index >= 15 is 0 Å². The van der Waals surface area contributed by atoms with Gasteiger partial charge in [0.05, 0.1) is 0 Å². The highest BCUT2D eigenvalue weighted by Gasteiger charge is 2.29. The molecule has 2 aliphatic rings. The quantitative estimate of drug-likeness (QED) is 0.632. The third-order valence-corrected chi connectivity index (χ3v) is 5.90. The largest absolute Gasteiger partial charge is 0.484 e. The van der Waals surface area contributed by atoms with Crippen LogP contribution < -0.4 is 15.4 Å². The van der Waals surface area contributed by atoms with Gasteiger partial charge in [0, 0.05) is 56.9 Å². The number of benzene rings is 2. The Morgan fingerprint density at radius 3 is 2.53 bits per heavy atom. The number of likely N-dealkylation sites (N-methyl/N-ethyl adjacent to an activating group) is 1. The molecule has 0 aromatic heterocycles. The van der Waals surface area contributed by atoms with Gasteiger partial charge in [0.15, 0.2) is 6.61 Å². The molecule has 2 N–H and O–H groups in total. The predicted octanol–water partition coefficient (Wildman–Crippen LogP) is 2.48. The first-order chi connectivity index (χ1) is 15.5. The molecule has 0 atom stereocenters. The summed E-state index contributed by atoms with van der Waals surface area (Å²) in [5.41, 5.74) is 3.04. The first-order valence-corrected chi connectivity index (χ1v) is 11.3. The highest BCUT2D eigenvalue weighted by atomic mass is 16.5. The third kappa shape index (κ3) is 6.80. The molecule has 0 bridgehead atoms. The van der Waals surface area contributed by atoms with Crippen LogP contribution in [0, 0.1) is 5.92 Å². The Morgan fingerprint density at radius 2 is 1.75 bits per heavy atom. The van der Waals surface area contributed by atoms with Crippen LogP contribution in [0.5, 0.6) is 5.75 Å². The molecule has 1 aliphatic heterocycles. The molecule has 1 aliphatic carbocycles. The van der Waals surface area contributed by atoms with Gasteiger partial charge in [-0.1, -0.05) is 30.3 Å². The standard InChI is InChI=1S/C25H32N4O3/c1-28-10-12-29(13-11-28)17-20-5-2-4-19(14-20)16-26-24(30)18-32-23-7-3-6-22(15-23)27-25(31)21-8-9-21/h2-7,14-15,21H,8-13,16-18H2,1H3,(H,26,30)(H,27,31). The number of amides is 2. The Balaban J connectivity index is 1.21. The van der Waals surface area contributed by atoms with Crippen LogP contribution in [0.2, 0.25) is 0 Å². The molecule has 1 saturated heterocycles. The maximum atomic E-state index is 12.3. The van der Waals surface area contributed by atoms with Gasteiger partial charge in [0.25, 0.3) is 5.91 Å². The van der Waals surface area contributed by atoms with E-state index < -0.39 is 0 Å². The fraction of sp³-hybridized carbons (Fsp3) is 0.440. The lowest BCUT2D eigenvalue weighted by Crippen LogP contribution is -2.43. The Labute approximate surface area is 189 Å². The van der Waals surface area contributed by atoms with Gasteiger partial charge in [-0.05, 0) is 43.1 Å². The van der Waals surface area contributed by atoms with Crippen LogP contribution in [0.15, 0.2) is 48.5 Å². The van der Waals surface area contributed by atoms with Crippen molar-refractivity contribution >= 4 is 17.5 Å². The summed E-state index contributed by atoms with van der Waals surface area (Å²) >= 11 is 0. The molecule has 2 amide bonds. The normalized spacial score (nSPS) is 17.0. The van der Waals surface area contributed by atoms with Crippen molar-refractivity contribution in [3.05, 3.63) is 59.7 Å². The van der Waals surface area contributed by atoms with E-state index in [1.54, 1.807) is 12.1 Å². The van der Waals surface area contributed by atoms with Crippen LogP contribution in [-0.4, -0.2) is 61.4 Å². The van der Waals surface area contributed by atoms with Crippen molar-refractivity contribution in [1.82, 2.24) is 15.1 Å². The van der Waals surface area contributed by atoms with Crippen LogP contribution in [0.4, 0.5) is 5.69 Å². The zero-order valence-corrected chi connectivity index (χ0v) is 18.7. The van der Waals surface area contributed by atoms with Crippen molar-refractivity contribution in [3.63, 3.8) is 0 Å². The molecule has 1 heterocycles. The molecule has 4 rings (SSSR count). The Bertz CT molecular complexity index is 936. The number of ether oxygens (including phenoxy) is 1. The molecular formula is C25H32N4O3. The number of carbonyl (C=O) groups excluding carboxylic acids is 2. The molecular weight excluding hydrogens is 404 g/mol. The average molecular weight is 437 g/mol. The van der Waals surface area contributed by atoms with Gasteiger partial charge in [-0.25, -0.2) is 0 Å². The van der Waals surface area contributed by atoms with Crippen LogP contribution in [0.1, 0.15) is 24.0 Å². The molecule has 1 saturated carbocycles. The molecule has 0 spiro atoms. The van der Waals surface area contributed by atoms with Crippen molar-refractivity contribution < 1.29 is 14.3 Å². The van der Waals surface area contributed by atoms with Crippen molar-refractivity contribution in [3.8, 4) is 5.75 Å². The van der Waals surface area contributed by atoms with E-state index in [4.69, 9.17) is 4.74 Å². The summed E-state index contributed by atoms with van der Waals surface area (Å²) in [5, 5.41) is 5.81. The van der Waals surface area contributed by atoms with Crippen molar-refractivity contribution in [2.75, 3.05) is 45.2 Å². The van der Waals surface area contributed by atoms with Gasteiger partial charge in [-0.2, -0.15) is 0 Å². The van der Waals surface area contributed by atoms with Crippen molar-refractivity contribution in [2.24, 2.45) is 5.92 Å². The fourth-order valence-electron chi connectivity index (χ4n) is 3.76. The number of rotatable bonds is 9. The van der Waals surface area contributed by atoms with E-state index in [0.717, 1.165) is 51.1 Å². The number of nitrogens with zero attached hydrogens (tertiary/aromatic N) is 2. The number of anilines is 1. The summed E-state index contributed by atoms with van der Waals surface area (Å²) in [7, 11) is 2.16. The second kappa shape index (κ2) is 10.6. The van der Waals surface area contributed by atoms with Gasteiger partial charge in [0.1, 0.15) is 5.75 Å². The van der Waals surface area contributed by atoms with E-state index in [9.17, 15) is 9.59 Å². The maximum absolute atomic E-state index is 12.3. The van der Waals surface area contributed by atoms with Crippen molar-refractivity contribution in [2.45, 2.75) is 25.9 Å². The Hall–Kier alpha value is -2.90. The minimum atomic E-state index is -0.179. The van der Waals surface area contributed by atoms with E-state index in [2.05, 4.69) is 39.6 Å². The topological polar surface area (TPSA) is 73.9 Å². The van der Waals surface area contributed by atoms with Gasteiger partial charge < -0.3 is 20.3 Å². The monoisotopic (exact) mass is 436 g/mol. The van der Waals surface area contributed by atoms with Gasteiger partial charge in [-0.15, -0.1) is 0 Å². The van der Waals surface area contributed by atoms with E-state index in [1.165, 1.54) is 5.56 Å². The highest BCUT2D eigenvalue weighted by molar-refractivity contribution is 5.94. The first-order valence-electron chi connectivity index (χ1n) is 11.3. The molecule has 0 radical (unpaired) electrons. The summed E-state index contributed by atoms with van der Waals surface area (Å²) in [4.78, 5) is 29.0. The summed E-state index contributed by atoms with van der Waals surface area (Å²) in [6.45, 7) is 5.71. The molecule has 170 valence electrons. The molecule has 2 aromatic rings. The van der Waals surface area contributed by atoms with Crippen LogP contribution in [-0.2, 0) is 22.7 Å². The van der Waals surface area contributed by atoms with Crippen LogP contribution >= 0.6 is 0 Å². The lowest BCUT2D eigenvalue weighted by Gasteiger charge is -2.32. The summed E-state index contributed by atoms with van der Waals surface area (Å²) in [6.07, 6.45) is 1.92. The van der Waals surface area contributed by atoms with E-state index in [-0.39, 0.29) is 24.3 Å². The molecule has 32 heavy (non-hydrogen) atoms. The van der Waals surface area contributed by atoms with Crippen LogP contribution in [0.25, 0.3) is 0 Å². The first kappa shape index (κ1) is 22.3. The Kier molecular flexibility index (Phi) is 7.39. The number of hydrogen-bond donors (Lipinski definition) is 2. The van der Waals surface area contributed by atoms with Gasteiger partial charge >= 0.3 is 0 Å². The summed E-state index contributed by atoms with van der Waals surface area (Å²) in [5.74, 6) is 0.574. The summed E-state index contributed by atoms with van der Waals surface area (Å²) < 4.78 is 5.61. The Morgan fingerprint density at radius 1 is 1.00 bits per heavy atom. The third-order valence-electron chi connectivity index (χ3n) is 5.90. The maximum Gasteiger partial charge on any atom is 0.258 e. The van der Waals surface area contributed by atoms with E-state index in [0.29, 0.717) is 18.0 Å². The zero-order valence-electron chi connectivity index (χ0n) is 18.7. The highest BCUT2D eigenvalue weighted by Crippen LogP contribution is 2.30. The predicted molar refractivity (Wildman–Crippen MR) is 124 cm³/mol. The number of hydrogen-bond acceptors (Lipinski definition) is 5. The average Bonchev–Trinajstić information content (AvgIpc) is 3.64. The number of piperazine rings is 1. The van der Waals surface area contributed by atoms with Crippen LogP contribution in [0.3, 0.4) is 0 Å². The second-order valence-electron chi connectivity index (χ2n) is 8.76. The summed E-state index contributed by atoms with van der Waals surface area (Å²) in [6, 6.07) is 15.5. The number of nitrogens with one attached hydrogen (secondary N) is 2. The molecule has 2 fully saturated rings. The molecule has 7 nitrogen and oxygen atoms in total. The molecule has 2 aromatic carbocycles. The molecule has 7 heteroatoms. The zero-order chi connectivity index (χ0) is 22.3. The minimum absolute atomic E-state index is 0.0507. The van der Waals surface area contributed by atoms with Crippen molar-refractivity contribution in [1.29, 1.82) is 0 Å². The fourth-order valence-corrected chi connectivity index (χ4v) is 3.76. The second-order valence-corrected chi connectivity index (χ2v) is 8.76. The van der Waals surface area contributed by atoms with Gasteiger partial charge in [-0.3, -0.25) is 14.5 Å². The van der Waals surface area contributed by atoms with Gasteiger partial charge in [0.2, 0.25) is 5.91 Å². The lowest BCUT2D eigenvalue weighted by molar-refractivity contribution is -0.123. The number of carbonyl (C=O) groups is 2. The minimum Gasteiger partial charge on any atom is -0.484 e. The SMILES string of the molecule is CN1CCN(Cc2cccc(CNC(=O)COc3cccc(NC(=O)C4CC4)c3)c2)CC1. The lowest BCUT2D eigenvalue weighted by atomic mass is 10.1.